The molecule has 0 aromatic heterocycles. The second-order valence-electron chi connectivity index (χ2n) is 4.18. The zero-order valence-corrected chi connectivity index (χ0v) is 7.30. The second kappa shape index (κ2) is 2.47. The fourth-order valence-electron chi connectivity index (χ4n) is 3.20. The van der Waals surface area contributed by atoms with Gasteiger partial charge in [-0.2, -0.15) is 0 Å². The summed E-state index contributed by atoms with van der Waals surface area (Å²) in [6.45, 7) is 0.576. The molecule has 0 amide bonds. The van der Waals surface area contributed by atoms with Crippen LogP contribution < -0.4 is 0 Å². The molecular weight excluding hydrogens is 164 g/mol. The molecule has 2 bridgehead atoms. The number of hydrogen-bond acceptors (Lipinski definition) is 2. The third-order valence-corrected chi connectivity index (χ3v) is 3.70. The SMILES string of the molecule is O=COC1C=CC2C3C=CC(C3)C12. The molecule has 3 aliphatic carbocycles. The molecule has 68 valence electrons. The third kappa shape index (κ3) is 0.859. The Balaban J connectivity index is 1.87. The molecule has 2 nitrogen and oxygen atoms in total. The lowest BCUT2D eigenvalue weighted by molar-refractivity contribution is -0.133. The molecule has 0 spiro atoms. The van der Waals surface area contributed by atoms with Gasteiger partial charge in [-0.3, -0.25) is 4.79 Å². The van der Waals surface area contributed by atoms with Gasteiger partial charge in [-0.15, -0.1) is 0 Å². The lowest BCUT2D eigenvalue weighted by Crippen LogP contribution is -2.26. The van der Waals surface area contributed by atoms with E-state index in [2.05, 4.69) is 24.3 Å². The van der Waals surface area contributed by atoms with Gasteiger partial charge in [-0.25, -0.2) is 0 Å². The van der Waals surface area contributed by atoms with Crippen molar-refractivity contribution in [1.29, 1.82) is 0 Å². The van der Waals surface area contributed by atoms with Gasteiger partial charge in [-0.1, -0.05) is 18.2 Å². The minimum absolute atomic E-state index is 0.0439. The first kappa shape index (κ1) is 7.36. The molecule has 2 heteroatoms. The molecule has 0 saturated heterocycles. The fraction of sp³-hybridized carbons (Fsp3) is 0.545. The van der Waals surface area contributed by atoms with Gasteiger partial charge >= 0.3 is 0 Å². The molecule has 0 aromatic rings. The normalized spacial score (nSPS) is 49.7. The first-order valence-corrected chi connectivity index (χ1v) is 4.86. The minimum Gasteiger partial charge on any atom is -0.460 e. The number of carbonyl (C=O) groups is 1. The van der Waals surface area contributed by atoms with Crippen LogP contribution in [-0.2, 0) is 9.53 Å². The Morgan fingerprint density at radius 2 is 2.00 bits per heavy atom. The van der Waals surface area contributed by atoms with Gasteiger partial charge in [0.1, 0.15) is 6.10 Å². The van der Waals surface area contributed by atoms with Crippen LogP contribution in [0.15, 0.2) is 24.3 Å². The standard InChI is InChI=1S/C11H12O2/c12-6-13-10-4-3-9-7-1-2-8(5-7)11(9)10/h1-4,6-11H,5H2. The van der Waals surface area contributed by atoms with Crippen LogP contribution in [0.3, 0.4) is 0 Å². The lowest BCUT2D eigenvalue weighted by Gasteiger charge is -2.24. The van der Waals surface area contributed by atoms with Gasteiger partial charge in [0.2, 0.25) is 0 Å². The zero-order chi connectivity index (χ0) is 8.84. The van der Waals surface area contributed by atoms with Crippen molar-refractivity contribution in [3.63, 3.8) is 0 Å². The molecule has 3 rings (SSSR count). The molecule has 0 aromatic carbocycles. The Bertz CT molecular complexity index is 292. The van der Waals surface area contributed by atoms with Crippen molar-refractivity contribution in [3.8, 4) is 0 Å². The summed E-state index contributed by atoms with van der Waals surface area (Å²) in [6.07, 6.45) is 10.2. The van der Waals surface area contributed by atoms with E-state index in [-0.39, 0.29) is 6.10 Å². The van der Waals surface area contributed by atoms with E-state index in [1.54, 1.807) is 0 Å². The summed E-state index contributed by atoms with van der Waals surface area (Å²) in [5.41, 5.74) is 0. The first-order valence-electron chi connectivity index (χ1n) is 4.86. The molecule has 3 aliphatic rings. The van der Waals surface area contributed by atoms with Crippen LogP contribution in [0.1, 0.15) is 6.42 Å². The van der Waals surface area contributed by atoms with Crippen LogP contribution in [0.2, 0.25) is 0 Å². The predicted molar refractivity (Wildman–Crippen MR) is 47.8 cm³/mol. The first-order chi connectivity index (χ1) is 6.40. The molecule has 0 N–H and O–H groups in total. The smallest absolute Gasteiger partial charge is 0.293 e. The van der Waals surface area contributed by atoms with Gasteiger partial charge in [0.05, 0.1) is 0 Å². The summed E-state index contributed by atoms with van der Waals surface area (Å²) in [4.78, 5) is 10.3. The number of fused-ring (bicyclic) bond motifs is 5. The largest absolute Gasteiger partial charge is 0.460 e. The van der Waals surface area contributed by atoms with Crippen molar-refractivity contribution in [2.24, 2.45) is 23.7 Å². The van der Waals surface area contributed by atoms with E-state index in [0.717, 1.165) is 0 Å². The second-order valence-corrected chi connectivity index (χ2v) is 4.18. The van der Waals surface area contributed by atoms with Gasteiger partial charge in [0.25, 0.3) is 6.47 Å². The van der Waals surface area contributed by atoms with E-state index >= 15 is 0 Å². The topological polar surface area (TPSA) is 26.3 Å². The molecule has 5 atom stereocenters. The molecule has 0 heterocycles. The Morgan fingerprint density at radius 1 is 1.15 bits per heavy atom. The number of carbonyl (C=O) groups excluding carboxylic acids is 1. The van der Waals surface area contributed by atoms with Crippen LogP contribution in [0, 0.1) is 23.7 Å². The van der Waals surface area contributed by atoms with Crippen molar-refractivity contribution in [2.75, 3.05) is 0 Å². The summed E-state index contributed by atoms with van der Waals surface area (Å²) < 4.78 is 5.07. The quantitative estimate of drug-likeness (QED) is 0.471. The summed E-state index contributed by atoms with van der Waals surface area (Å²) in [7, 11) is 0. The molecular formula is C11H12O2. The Hall–Kier alpha value is -1.05. The molecule has 0 aliphatic heterocycles. The fourth-order valence-corrected chi connectivity index (χ4v) is 3.20. The predicted octanol–water partition coefficient (Wildman–Crippen LogP) is 1.54. The van der Waals surface area contributed by atoms with Gasteiger partial charge in [0, 0.05) is 5.92 Å². The van der Waals surface area contributed by atoms with Crippen molar-refractivity contribution in [2.45, 2.75) is 12.5 Å². The Labute approximate surface area is 77.3 Å². The summed E-state index contributed by atoms with van der Waals surface area (Å²) in [5, 5.41) is 0. The highest BCUT2D eigenvalue weighted by atomic mass is 16.5. The Kier molecular flexibility index (Phi) is 1.40. The van der Waals surface area contributed by atoms with E-state index in [0.29, 0.717) is 30.1 Å². The molecule has 5 unspecified atom stereocenters. The van der Waals surface area contributed by atoms with Crippen LogP contribution in [0.5, 0.6) is 0 Å². The number of ether oxygens (including phenoxy) is 1. The molecule has 1 saturated carbocycles. The summed E-state index contributed by atoms with van der Waals surface area (Å²) in [6, 6.07) is 0. The molecule has 0 radical (unpaired) electrons. The Morgan fingerprint density at radius 3 is 2.85 bits per heavy atom. The van der Waals surface area contributed by atoms with Crippen molar-refractivity contribution < 1.29 is 9.53 Å². The highest BCUT2D eigenvalue weighted by Crippen LogP contribution is 2.53. The number of allylic oxidation sites excluding steroid dienone is 3. The zero-order valence-electron chi connectivity index (χ0n) is 7.30. The van der Waals surface area contributed by atoms with E-state index in [1.807, 2.05) is 0 Å². The summed E-state index contributed by atoms with van der Waals surface area (Å²) in [5.74, 6) is 2.54. The van der Waals surface area contributed by atoms with Gasteiger partial charge < -0.3 is 4.74 Å². The maximum Gasteiger partial charge on any atom is 0.293 e. The van der Waals surface area contributed by atoms with Crippen LogP contribution in [0.4, 0.5) is 0 Å². The third-order valence-electron chi connectivity index (χ3n) is 3.70. The maximum atomic E-state index is 10.3. The van der Waals surface area contributed by atoms with E-state index in [9.17, 15) is 4.79 Å². The summed E-state index contributed by atoms with van der Waals surface area (Å²) >= 11 is 0. The minimum atomic E-state index is 0.0439. The van der Waals surface area contributed by atoms with Crippen molar-refractivity contribution in [1.82, 2.24) is 0 Å². The van der Waals surface area contributed by atoms with E-state index in [1.165, 1.54) is 6.42 Å². The van der Waals surface area contributed by atoms with Crippen molar-refractivity contribution >= 4 is 6.47 Å². The van der Waals surface area contributed by atoms with Crippen LogP contribution in [0.25, 0.3) is 0 Å². The van der Waals surface area contributed by atoms with Gasteiger partial charge in [-0.05, 0) is 30.3 Å². The lowest BCUT2D eigenvalue weighted by atomic mass is 9.84. The van der Waals surface area contributed by atoms with Crippen molar-refractivity contribution in [3.05, 3.63) is 24.3 Å². The maximum absolute atomic E-state index is 10.3. The molecule has 1 fully saturated rings. The highest BCUT2D eigenvalue weighted by Gasteiger charge is 2.49. The van der Waals surface area contributed by atoms with E-state index < -0.39 is 0 Å². The number of rotatable bonds is 2. The average molecular weight is 176 g/mol. The van der Waals surface area contributed by atoms with Crippen LogP contribution >= 0.6 is 0 Å². The van der Waals surface area contributed by atoms with Crippen LogP contribution in [-0.4, -0.2) is 12.6 Å². The average Bonchev–Trinajstić information content (AvgIpc) is 2.74. The van der Waals surface area contributed by atoms with E-state index in [4.69, 9.17) is 4.74 Å². The molecule has 13 heavy (non-hydrogen) atoms. The highest BCUT2D eigenvalue weighted by molar-refractivity contribution is 5.39. The van der Waals surface area contributed by atoms with Gasteiger partial charge in [0.15, 0.2) is 0 Å². The monoisotopic (exact) mass is 176 g/mol. The number of hydrogen-bond donors (Lipinski definition) is 0.